The van der Waals surface area contributed by atoms with Crippen molar-refractivity contribution in [3.8, 4) is 0 Å². The lowest BCUT2D eigenvalue weighted by molar-refractivity contribution is -0.154. The fourth-order valence-corrected chi connectivity index (χ4v) is 3.80. The molecule has 0 radical (unpaired) electrons. The molecule has 1 atom stereocenters. The molecule has 7 nitrogen and oxygen atoms in total. The van der Waals surface area contributed by atoms with Gasteiger partial charge in [0, 0.05) is 29.7 Å². The molecule has 164 valence electrons. The van der Waals surface area contributed by atoms with E-state index in [0.29, 0.717) is 13.0 Å². The van der Waals surface area contributed by atoms with Crippen LogP contribution in [0.15, 0.2) is 54.6 Å². The van der Waals surface area contributed by atoms with Gasteiger partial charge < -0.3 is 10.1 Å². The molecule has 7 heteroatoms. The predicted octanol–water partition coefficient (Wildman–Crippen LogP) is 3.68. The van der Waals surface area contributed by atoms with Gasteiger partial charge in [-0.15, -0.1) is 0 Å². The van der Waals surface area contributed by atoms with E-state index in [4.69, 9.17) is 9.72 Å². The van der Waals surface area contributed by atoms with E-state index in [2.05, 4.69) is 10.4 Å². The fourth-order valence-electron chi connectivity index (χ4n) is 3.80. The molecule has 0 aliphatic carbocycles. The second-order valence-electron chi connectivity index (χ2n) is 7.85. The number of nitrogens with zero attached hydrogens (tertiary/aromatic N) is 3. The Labute approximate surface area is 186 Å². The molecule has 2 aromatic heterocycles. The molecule has 1 N–H and O–H groups in total. The molecule has 1 amide bonds. The number of rotatable bonds is 7. The monoisotopic (exact) mass is 430 g/mol. The SMILES string of the molecule is Cc1nc2c3ccccc3nn2c(C)c1CCC(=O)OC(C)C(=O)NCc1ccccc1. The van der Waals surface area contributed by atoms with Crippen LogP contribution in [0.1, 0.15) is 35.9 Å². The van der Waals surface area contributed by atoms with Gasteiger partial charge in [-0.1, -0.05) is 42.5 Å². The van der Waals surface area contributed by atoms with Crippen LogP contribution in [0.5, 0.6) is 0 Å². The highest BCUT2D eigenvalue weighted by Gasteiger charge is 2.19. The number of esters is 1. The van der Waals surface area contributed by atoms with E-state index >= 15 is 0 Å². The molecule has 0 bridgehead atoms. The number of hydrogen-bond donors (Lipinski definition) is 1. The number of ether oxygens (including phenoxy) is 1. The first-order valence-corrected chi connectivity index (χ1v) is 10.7. The highest BCUT2D eigenvalue weighted by molar-refractivity contribution is 5.92. The third-order valence-corrected chi connectivity index (χ3v) is 5.58. The Hall–Kier alpha value is -3.74. The zero-order valence-electron chi connectivity index (χ0n) is 18.5. The minimum atomic E-state index is -0.856. The van der Waals surface area contributed by atoms with Gasteiger partial charge in [-0.05, 0) is 50.5 Å². The van der Waals surface area contributed by atoms with Crippen molar-refractivity contribution in [1.29, 1.82) is 0 Å². The lowest BCUT2D eigenvalue weighted by atomic mass is 10.1. The first-order valence-electron chi connectivity index (χ1n) is 10.7. The molecule has 1 unspecified atom stereocenters. The normalized spacial score (nSPS) is 12.1. The van der Waals surface area contributed by atoms with Gasteiger partial charge in [0.2, 0.25) is 0 Å². The second-order valence-corrected chi connectivity index (χ2v) is 7.85. The summed E-state index contributed by atoms with van der Waals surface area (Å²) in [7, 11) is 0. The third-order valence-electron chi connectivity index (χ3n) is 5.58. The minimum Gasteiger partial charge on any atom is -0.453 e. The van der Waals surface area contributed by atoms with Crippen LogP contribution in [-0.2, 0) is 27.3 Å². The number of nitrogens with one attached hydrogen (secondary N) is 1. The Morgan fingerprint density at radius 1 is 1.06 bits per heavy atom. The quantitative estimate of drug-likeness (QED) is 0.452. The predicted molar refractivity (Wildman–Crippen MR) is 122 cm³/mol. The van der Waals surface area contributed by atoms with Crippen LogP contribution < -0.4 is 5.32 Å². The first kappa shape index (κ1) is 21.5. The van der Waals surface area contributed by atoms with E-state index in [9.17, 15) is 9.59 Å². The minimum absolute atomic E-state index is 0.159. The smallest absolute Gasteiger partial charge is 0.306 e. The lowest BCUT2D eigenvalue weighted by Crippen LogP contribution is -2.35. The zero-order valence-corrected chi connectivity index (χ0v) is 18.5. The van der Waals surface area contributed by atoms with Crippen molar-refractivity contribution in [3.05, 3.63) is 77.1 Å². The van der Waals surface area contributed by atoms with Gasteiger partial charge in [-0.3, -0.25) is 9.59 Å². The van der Waals surface area contributed by atoms with Crippen LogP contribution >= 0.6 is 0 Å². The Morgan fingerprint density at radius 2 is 1.78 bits per heavy atom. The largest absolute Gasteiger partial charge is 0.453 e. The molecular weight excluding hydrogens is 404 g/mol. The van der Waals surface area contributed by atoms with Crippen LogP contribution in [0.4, 0.5) is 0 Å². The van der Waals surface area contributed by atoms with Crippen LogP contribution in [0.3, 0.4) is 0 Å². The Balaban J connectivity index is 1.38. The second kappa shape index (κ2) is 9.18. The molecule has 0 aliphatic rings. The van der Waals surface area contributed by atoms with Gasteiger partial charge in [0.05, 0.1) is 5.52 Å². The fraction of sp³-hybridized carbons (Fsp3) is 0.280. The van der Waals surface area contributed by atoms with E-state index in [1.54, 1.807) is 6.92 Å². The molecule has 4 rings (SSSR count). The topological polar surface area (TPSA) is 85.6 Å². The Bertz CT molecular complexity index is 1280. The molecule has 0 aliphatic heterocycles. The third kappa shape index (κ3) is 4.46. The number of hydrogen-bond acceptors (Lipinski definition) is 5. The number of amides is 1. The van der Waals surface area contributed by atoms with Crippen molar-refractivity contribution in [2.45, 2.75) is 46.3 Å². The molecule has 2 aromatic carbocycles. The number of carbonyl (C=O) groups excluding carboxylic acids is 2. The number of carbonyl (C=O) groups is 2. The highest BCUT2D eigenvalue weighted by atomic mass is 16.5. The molecule has 0 fully saturated rings. The summed E-state index contributed by atoms with van der Waals surface area (Å²) in [6, 6.07) is 17.5. The van der Waals surface area contributed by atoms with Gasteiger partial charge >= 0.3 is 5.97 Å². The molecule has 0 saturated heterocycles. The van der Waals surface area contributed by atoms with Crippen LogP contribution in [0, 0.1) is 13.8 Å². The van der Waals surface area contributed by atoms with Crippen molar-refractivity contribution < 1.29 is 14.3 Å². The molecule has 2 heterocycles. The first-order chi connectivity index (χ1) is 15.4. The van der Waals surface area contributed by atoms with Gasteiger partial charge in [-0.2, -0.15) is 5.10 Å². The summed E-state index contributed by atoms with van der Waals surface area (Å²) in [6.07, 6.45) is -0.231. The van der Waals surface area contributed by atoms with E-state index in [-0.39, 0.29) is 12.3 Å². The lowest BCUT2D eigenvalue weighted by Gasteiger charge is -2.14. The van der Waals surface area contributed by atoms with Crippen LogP contribution in [0.2, 0.25) is 0 Å². The van der Waals surface area contributed by atoms with Crippen molar-refractivity contribution >= 4 is 28.4 Å². The van der Waals surface area contributed by atoms with Crippen LogP contribution in [0.25, 0.3) is 16.6 Å². The molecule has 4 aromatic rings. The zero-order chi connectivity index (χ0) is 22.7. The van der Waals surface area contributed by atoms with E-state index in [0.717, 1.165) is 39.1 Å². The van der Waals surface area contributed by atoms with E-state index in [1.165, 1.54) is 0 Å². The highest BCUT2D eigenvalue weighted by Crippen LogP contribution is 2.23. The summed E-state index contributed by atoms with van der Waals surface area (Å²) in [5, 5.41) is 8.44. The Morgan fingerprint density at radius 3 is 2.56 bits per heavy atom. The summed E-state index contributed by atoms with van der Waals surface area (Å²) in [6.45, 7) is 5.89. The van der Waals surface area contributed by atoms with Crippen LogP contribution in [-0.4, -0.2) is 32.6 Å². The number of aryl methyl sites for hydroxylation is 2. The maximum absolute atomic E-state index is 12.4. The molecular formula is C25H26N4O3. The van der Waals surface area contributed by atoms with Crippen molar-refractivity contribution in [3.63, 3.8) is 0 Å². The Kier molecular flexibility index (Phi) is 6.16. The molecule has 0 saturated carbocycles. The van der Waals surface area contributed by atoms with Crippen molar-refractivity contribution in [2.24, 2.45) is 0 Å². The summed E-state index contributed by atoms with van der Waals surface area (Å²) in [5.74, 6) is -0.738. The average molecular weight is 431 g/mol. The van der Waals surface area contributed by atoms with Crippen molar-refractivity contribution in [2.75, 3.05) is 0 Å². The summed E-state index contributed by atoms with van der Waals surface area (Å²) in [4.78, 5) is 29.4. The van der Waals surface area contributed by atoms with Gasteiger partial charge in [0.25, 0.3) is 5.91 Å². The van der Waals surface area contributed by atoms with E-state index in [1.807, 2.05) is 73.0 Å². The summed E-state index contributed by atoms with van der Waals surface area (Å²) in [5.41, 5.74) is 5.45. The van der Waals surface area contributed by atoms with Gasteiger partial charge in [0.1, 0.15) is 0 Å². The number of benzene rings is 2. The maximum atomic E-state index is 12.4. The molecule has 32 heavy (non-hydrogen) atoms. The van der Waals surface area contributed by atoms with Gasteiger partial charge in [0.15, 0.2) is 11.8 Å². The van der Waals surface area contributed by atoms with Crippen molar-refractivity contribution in [1.82, 2.24) is 19.9 Å². The van der Waals surface area contributed by atoms with Gasteiger partial charge in [-0.25, -0.2) is 9.50 Å². The maximum Gasteiger partial charge on any atom is 0.306 e. The summed E-state index contributed by atoms with van der Waals surface area (Å²) < 4.78 is 7.18. The number of fused-ring (bicyclic) bond motifs is 3. The standard InChI is InChI=1S/C25H26N4O3/c1-16-20(17(2)29-24(27-16)21-11-7-8-12-22(21)28-29)13-14-23(30)32-18(3)25(31)26-15-19-9-5-4-6-10-19/h4-12,18H,13-15H2,1-3H3,(H,26,31). The summed E-state index contributed by atoms with van der Waals surface area (Å²) >= 11 is 0. The number of aromatic nitrogens is 3. The molecule has 0 spiro atoms. The van der Waals surface area contributed by atoms with E-state index < -0.39 is 12.1 Å². The average Bonchev–Trinajstić information content (AvgIpc) is 3.16.